The topological polar surface area (TPSA) is 21.3 Å². The first-order valence-electron chi connectivity index (χ1n) is 6.01. The lowest BCUT2D eigenvalue weighted by Gasteiger charge is -2.12. The molecule has 0 saturated heterocycles. The molecule has 1 N–H and O–H groups in total. The molecule has 1 atom stereocenters. The third kappa shape index (κ3) is 3.41. The first kappa shape index (κ1) is 14.2. The summed E-state index contributed by atoms with van der Waals surface area (Å²) in [6, 6.07) is 13.5. The quantitative estimate of drug-likeness (QED) is 0.850. The Balaban J connectivity index is 2.18. The van der Waals surface area contributed by atoms with Gasteiger partial charge >= 0.3 is 0 Å². The SMILES string of the molecule is CNC(C)c1ccc(Oc2cccc(Cl)c2Cl)cc1. The van der Waals surface area contributed by atoms with Crippen LogP contribution >= 0.6 is 23.2 Å². The van der Waals surface area contributed by atoms with E-state index in [1.165, 1.54) is 5.56 Å². The van der Waals surface area contributed by atoms with Crippen molar-refractivity contribution in [3.63, 3.8) is 0 Å². The van der Waals surface area contributed by atoms with Gasteiger partial charge in [-0.25, -0.2) is 0 Å². The molecule has 0 bridgehead atoms. The summed E-state index contributed by atoms with van der Waals surface area (Å²) in [5, 5.41) is 4.10. The minimum Gasteiger partial charge on any atom is -0.456 e. The second-order valence-electron chi connectivity index (χ2n) is 4.23. The van der Waals surface area contributed by atoms with Crippen LogP contribution in [0.4, 0.5) is 0 Å². The highest BCUT2D eigenvalue weighted by atomic mass is 35.5. The molecule has 0 saturated carbocycles. The fourth-order valence-corrected chi connectivity index (χ4v) is 2.01. The van der Waals surface area contributed by atoms with Gasteiger partial charge in [-0.3, -0.25) is 0 Å². The fourth-order valence-electron chi connectivity index (χ4n) is 1.68. The summed E-state index contributed by atoms with van der Waals surface area (Å²) in [6.45, 7) is 2.10. The Morgan fingerprint density at radius 1 is 1.05 bits per heavy atom. The van der Waals surface area contributed by atoms with Gasteiger partial charge in [-0.1, -0.05) is 41.4 Å². The van der Waals surface area contributed by atoms with E-state index in [1.807, 2.05) is 31.3 Å². The minimum atomic E-state index is 0.309. The van der Waals surface area contributed by atoms with Gasteiger partial charge in [0.1, 0.15) is 16.5 Å². The molecule has 2 aromatic rings. The Morgan fingerprint density at radius 3 is 2.37 bits per heavy atom. The number of benzene rings is 2. The molecule has 1 unspecified atom stereocenters. The molecule has 0 spiro atoms. The highest BCUT2D eigenvalue weighted by Gasteiger charge is 2.07. The third-order valence-electron chi connectivity index (χ3n) is 2.96. The smallest absolute Gasteiger partial charge is 0.147 e. The van der Waals surface area contributed by atoms with Gasteiger partial charge in [0, 0.05) is 6.04 Å². The molecule has 0 aromatic heterocycles. The molecule has 2 rings (SSSR count). The monoisotopic (exact) mass is 295 g/mol. The molecule has 0 heterocycles. The number of ether oxygens (including phenoxy) is 1. The van der Waals surface area contributed by atoms with E-state index in [1.54, 1.807) is 18.2 Å². The summed E-state index contributed by atoms with van der Waals surface area (Å²) in [5.74, 6) is 1.29. The number of nitrogens with one attached hydrogen (secondary N) is 1. The fraction of sp³-hybridized carbons (Fsp3) is 0.200. The van der Waals surface area contributed by atoms with Crippen LogP contribution in [0, 0.1) is 0 Å². The molecule has 0 fully saturated rings. The van der Waals surface area contributed by atoms with Crippen molar-refractivity contribution >= 4 is 23.2 Å². The van der Waals surface area contributed by atoms with Gasteiger partial charge in [-0.2, -0.15) is 0 Å². The average molecular weight is 296 g/mol. The second kappa shape index (κ2) is 6.29. The van der Waals surface area contributed by atoms with Crippen LogP contribution in [0.1, 0.15) is 18.5 Å². The molecular weight excluding hydrogens is 281 g/mol. The van der Waals surface area contributed by atoms with Crippen molar-refractivity contribution in [3.8, 4) is 11.5 Å². The largest absolute Gasteiger partial charge is 0.456 e. The molecule has 0 aliphatic carbocycles. The normalized spacial score (nSPS) is 12.2. The van der Waals surface area contributed by atoms with Crippen molar-refractivity contribution in [1.29, 1.82) is 0 Å². The van der Waals surface area contributed by atoms with Crippen LogP contribution in [0.5, 0.6) is 11.5 Å². The molecule has 0 amide bonds. The predicted molar refractivity (Wildman–Crippen MR) is 80.5 cm³/mol. The van der Waals surface area contributed by atoms with E-state index in [-0.39, 0.29) is 0 Å². The molecule has 0 aliphatic rings. The molecule has 100 valence electrons. The second-order valence-corrected chi connectivity index (χ2v) is 5.02. The van der Waals surface area contributed by atoms with Gasteiger partial charge in [0.15, 0.2) is 0 Å². The summed E-state index contributed by atoms with van der Waals surface area (Å²) in [7, 11) is 1.93. The Morgan fingerprint density at radius 2 is 1.74 bits per heavy atom. The first-order valence-corrected chi connectivity index (χ1v) is 6.76. The number of hydrogen-bond acceptors (Lipinski definition) is 2. The van der Waals surface area contributed by atoms with Crippen molar-refractivity contribution in [3.05, 3.63) is 58.1 Å². The summed E-state index contributed by atoms with van der Waals surface area (Å²) in [4.78, 5) is 0. The zero-order valence-corrected chi connectivity index (χ0v) is 12.3. The van der Waals surface area contributed by atoms with Gasteiger partial charge in [0.25, 0.3) is 0 Å². The van der Waals surface area contributed by atoms with Gasteiger partial charge in [0.2, 0.25) is 0 Å². The van der Waals surface area contributed by atoms with Gasteiger partial charge in [-0.05, 0) is 43.8 Å². The lowest BCUT2D eigenvalue weighted by molar-refractivity contribution is 0.482. The Hall–Kier alpha value is -1.22. The van der Waals surface area contributed by atoms with Crippen molar-refractivity contribution < 1.29 is 4.74 Å². The highest BCUT2D eigenvalue weighted by molar-refractivity contribution is 6.42. The lowest BCUT2D eigenvalue weighted by Crippen LogP contribution is -2.11. The molecular formula is C15H15Cl2NO. The van der Waals surface area contributed by atoms with Crippen LogP contribution in [0.15, 0.2) is 42.5 Å². The van der Waals surface area contributed by atoms with Crippen LogP contribution < -0.4 is 10.1 Å². The summed E-state index contributed by atoms with van der Waals surface area (Å²) in [6.07, 6.45) is 0. The number of rotatable bonds is 4. The van der Waals surface area contributed by atoms with Gasteiger partial charge in [-0.15, -0.1) is 0 Å². The highest BCUT2D eigenvalue weighted by Crippen LogP contribution is 2.34. The van der Waals surface area contributed by atoms with E-state index < -0.39 is 0 Å². The number of hydrogen-bond donors (Lipinski definition) is 1. The average Bonchev–Trinajstić information content (AvgIpc) is 2.44. The zero-order valence-electron chi connectivity index (χ0n) is 10.8. The maximum absolute atomic E-state index is 6.08. The van der Waals surface area contributed by atoms with E-state index in [9.17, 15) is 0 Å². The predicted octanol–water partition coefficient (Wildman–Crippen LogP) is 5.07. The van der Waals surface area contributed by atoms with E-state index in [2.05, 4.69) is 12.2 Å². The third-order valence-corrected chi connectivity index (χ3v) is 3.76. The maximum Gasteiger partial charge on any atom is 0.147 e. The maximum atomic E-state index is 6.08. The van der Waals surface area contributed by atoms with Crippen LogP contribution in [0.2, 0.25) is 10.0 Å². The standard InChI is InChI=1S/C15H15Cl2NO/c1-10(18-2)11-6-8-12(9-7-11)19-14-5-3-4-13(16)15(14)17/h3-10,18H,1-2H3. The lowest BCUT2D eigenvalue weighted by atomic mass is 10.1. The first-order chi connectivity index (χ1) is 9.11. The summed E-state index contributed by atoms with van der Waals surface area (Å²) in [5.41, 5.74) is 1.20. The molecule has 0 aliphatic heterocycles. The van der Waals surface area contributed by atoms with Crippen molar-refractivity contribution in [2.24, 2.45) is 0 Å². The van der Waals surface area contributed by atoms with Crippen LogP contribution in [-0.2, 0) is 0 Å². The van der Waals surface area contributed by atoms with Crippen molar-refractivity contribution in [1.82, 2.24) is 5.32 Å². The molecule has 2 aromatic carbocycles. The summed E-state index contributed by atoms with van der Waals surface area (Å²) >= 11 is 12.0. The van der Waals surface area contributed by atoms with E-state index >= 15 is 0 Å². The summed E-state index contributed by atoms with van der Waals surface area (Å²) < 4.78 is 5.72. The van der Waals surface area contributed by atoms with E-state index in [4.69, 9.17) is 27.9 Å². The number of halogens is 2. The minimum absolute atomic E-state index is 0.309. The molecule has 4 heteroatoms. The van der Waals surface area contributed by atoms with E-state index in [0.717, 1.165) is 5.75 Å². The van der Waals surface area contributed by atoms with Crippen LogP contribution in [-0.4, -0.2) is 7.05 Å². The molecule has 19 heavy (non-hydrogen) atoms. The van der Waals surface area contributed by atoms with Gasteiger partial charge in [0.05, 0.1) is 5.02 Å². The Kier molecular flexibility index (Phi) is 4.70. The Bertz CT molecular complexity index is 555. The zero-order chi connectivity index (χ0) is 13.8. The van der Waals surface area contributed by atoms with Crippen LogP contribution in [0.3, 0.4) is 0 Å². The van der Waals surface area contributed by atoms with Crippen molar-refractivity contribution in [2.45, 2.75) is 13.0 Å². The van der Waals surface area contributed by atoms with E-state index in [0.29, 0.717) is 21.8 Å². The Labute approximate surface area is 123 Å². The molecule has 0 radical (unpaired) electrons. The van der Waals surface area contributed by atoms with Crippen LogP contribution in [0.25, 0.3) is 0 Å². The van der Waals surface area contributed by atoms with Crippen molar-refractivity contribution in [2.75, 3.05) is 7.05 Å². The van der Waals surface area contributed by atoms with Gasteiger partial charge < -0.3 is 10.1 Å². The molecule has 2 nitrogen and oxygen atoms in total.